The number of ether oxygens (including phenoxy) is 1. The quantitative estimate of drug-likeness (QED) is 0.609. The maximum Gasteiger partial charge on any atom is 0.230 e. The van der Waals surface area contributed by atoms with Gasteiger partial charge in [-0.25, -0.2) is 0 Å². The zero-order chi connectivity index (χ0) is 13.4. The molecule has 0 radical (unpaired) electrons. The first-order valence-corrected chi connectivity index (χ1v) is 6.60. The van der Waals surface area contributed by atoms with Gasteiger partial charge in [0.05, 0.1) is 18.6 Å². The van der Waals surface area contributed by atoms with Crippen LogP contribution in [-0.4, -0.2) is 31.5 Å². The smallest absolute Gasteiger partial charge is 0.230 e. The minimum absolute atomic E-state index is 0.00294. The van der Waals surface area contributed by atoms with E-state index in [0.29, 0.717) is 25.6 Å². The van der Waals surface area contributed by atoms with Crippen molar-refractivity contribution in [3.8, 4) is 0 Å². The largest absolute Gasteiger partial charge is 0.378 e. The van der Waals surface area contributed by atoms with Gasteiger partial charge in [0.1, 0.15) is 0 Å². The van der Waals surface area contributed by atoms with E-state index in [-0.39, 0.29) is 5.91 Å². The molecule has 0 aromatic heterocycles. The Morgan fingerprint density at radius 2 is 1.94 bits per heavy atom. The molecule has 3 nitrogen and oxygen atoms in total. The molecule has 0 fully saturated rings. The first-order chi connectivity index (χ1) is 8.59. The number of carbonyl (C=O) groups is 1. The lowest BCUT2D eigenvalue weighted by molar-refractivity contribution is -0.125. The fraction of sp³-hybridized carbons (Fsp3) is 0.500. The molecule has 1 amide bonds. The summed E-state index contributed by atoms with van der Waals surface area (Å²) in [6, 6.07) is 9.74. The second-order valence-electron chi connectivity index (χ2n) is 4.55. The van der Waals surface area contributed by atoms with E-state index in [2.05, 4.69) is 5.32 Å². The first-order valence-electron chi connectivity index (χ1n) is 6.06. The number of halogens is 1. The Bertz CT molecular complexity index is 365. The molecule has 0 aliphatic carbocycles. The van der Waals surface area contributed by atoms with Crippen LogP contribution in [-0.2, 0) is 14.9 Å². The average molecular weight is 270 g/mol. The van der Waals surface area contributed by atoms with Crippen molar-refractivity contribution >= 4 is 17.5 Å². The summed E-state index contributed by atoms with van der Waals surface area (Å²) in [5.41, 5.74) is 0.470. The highest BCUT2D eigenvalue weighted by Gasteiger charge is 2.28. The van der Waals surface area contributed by atoms with Gasteiger partial charge in [-0.15, -0.1) is 11.6 Å². The molecule has 0 saturated carbocycles. The van der Waals surface area contributed by atoms with Crippen LogP contribution in [0.4, 0.5) is 0 Å². The van der Waals surface area contributed by atoms with E-state index in [1.807, 2.05) is 44.2 Å². The standard InChI is InChI=1S/C14H20ClNO2/c1-14(2,12-6-4-3-5-7-12)13(17)16-9-11-18-10-8-15/h3-7H,8-11H2,1-2H3,(H,16,17). The number of hydrogen-bond acceptors (Lipinski definition) is 2. The number of rotatable bonds is 7. The average Bonchev–Trinajstić information content (AvgIpc) is 2.39. The van der Waals surface area contributed by atoms with E-state index < -0.39 is 5.41 Å². The topological polar surface area (TPSA) is 38.3 Å². The van der Waals surface area contributed by atoms with Crippen LogP contribution in [0, 0.1) is 0 Å². The lowest BCUT2D eigenvalue weighted by Gasteiger charge is -2.24. The van der Waals surface area contributed by atoms with Gasteiger partial charge in [0.25, 0.3) is 0 Å². The molecule has 100 valence electrons. The third-order valence-electron chi connectivity index (χ3n) is 2.82. The van der Waals surface area contributed by atoms with Gasteiger partial charge in [0.2, 0.25) is 5.91 Å². The molecule has 0 bridgehead atoms. The predicted octanol–water partition coefficient (Wildman–Crippen LogP) is 2.34. The Morgan fingerprint density at radius 1 is 1.28 bits per heavy atom. The van der Waals surface area contributed by atoms with Crippen molar-refractivity contribution in [1.29, 1.82) is 0 Å². The van der Waals surface area contributed by atoms with Gasteiger partial charge in [-0.05, 0) is 19.4 Å². The maximum absolute atomic E-state index is 12.1. The summed E-state index contributed by atoms with van der Waals surface area (Å²) in [6.45, 7) is 5.34. The van der Waals surface area contributed by atoms with Gasteiger partial charge < -0.3 is 10.1 Å². The van der Waals surface area contributed by atoms with Crippen LogP contribution >= 0.6 is 11.6 Å². The zero-order valence-corrected chi connectivity index (χ0v) is 11.7. The normalized spacial score (nSPS) is 11.3. The lowest BCUT2D eigenvalue weighted by Crippen LogP contribution is -2.41. The van der Waals surface area contributed by atoms with Crippen molar-refractivity contribution in [3.63, 3.8) is 0 Å². The van der Waals surface area contributed by atoms with Gasteiger partial charge in [0, 0.05) is 12.4 Å². The molecule has 0 atom stereocenters. The molecule has 0 spiro atoms. The van der Waals surface area contributed by atoms with Crippen molar-refractivity contribution in [2.24, 2.45) is 0 Å². The molecule has 4 heteroatoms. The SMILES string of the molecule is CC(C)(C(=O)NCCOCCCl)c1ccccc1. The van der Waals surface area contributed by atoms with Gasteiger partial charge in [-0.3, -0.25) is 4.79 Å². The molecule has 1 rings (SSSR count). The van der Waals surface area contributed by atoms with Crippen LogP contribution < -0.4 is 5.32 Å². The molecule has 0 unspecified atom stereocenters. The summed E-state index contributed by atoms with van der Waals surface area (Å²) in [4.78, 5) is 12.1. The van der Waals surface area contributed by atoms with Crippen molar-refractivity contribution in [1.82, 2.24) is 5.32 Å². The number of amides is 1. The molecular weight excluding hydrogens is 250 g/mol. The van der Waals surface area contributed by atoms with E-state index in [1.165, 1.54) is 0 Å². The molecule has 1 aromatic carbocycles. The highest BCUT2D eigenvalue weighted by atomic mass is 35.5. The highest BCUT2D eigenvalue weighted by molar-refractivity contribution is 6.17. The summed E-state index contributed by atoms with van der Waals surface area (Å²) >= 11 is 5.48. The summed E-state index contributed by atoms with van der Waals surface area (Å²) in [6.07, 6.45) is 0. The van der Waals surface area contributed by atoms with Gasteiger partial charge >= 0.3 is 0 Å². The van der Waals surface area contributed by atoms with Gasteiger partial charge in [-0.1, -0.05) is 30.3 Å². The summed E-state index contributed by atoms with van der Waals surface area (Å²) < 4.78 is 5.20. The van der Waals surface area contributed by atoms with Gasteiger partial charge in [-0.2, -0.15) is 0 Å². The van der Waals surface area contributed by atoms with Crippen LogP contribution in [0.3, 0.4) is 0 Å². The maximum atomic E-state index is 12.1. The van der Waals surface area contributed by atoms with Crippen molar-refractivity contribution < 1.29 is 9.53 Å². The van der Waals surface area contributed by atoms with E-state index >= 15 is 0 Å². The monoisotopic (exact) mass is 269 g/mol. The lowest BCUT2D eigenvalue weighted by atomic mass is 9.84. The molecular formula is C14H20ClNO2. The second-order valence-corrected chi connectivity index (χ2v) is 4.93. The number of benzene rings is 1. The minimum atomic E-state index is -0.534. The Morgan fingerprint density at radius 3 is 2.56 bits per heavy atom. The summed E-state index contributed by atoms with van der Waals surface area (Å²) in [5, 5.41) is 2.87. The zero-order valence-electron chi connectivity index (χ0n) is 10.9. The third kappa shape index (κ3) is 4.31. The Hall–Kier alpha value is -1.06. The molecule has 18 heavy (non-hydrogen) atoms. The van der Waals surface area contributed by atoms with E-state index in [9.17, 15) is 4.79 Å². The van der Waals surface area contributed by atoms with Crippen molar-refractivity contribution in [2.75, 3.05) is 25.6 Å². The molecule has 0 aliphatic heterocycles. The van der Waals surface area contributed by atoms with Crippen LogP contribution in [0.15, 0.2) is 30.3 Å². The minimum Gasteiger partial charge on any atom is -0.378 e. The fourth-order valence-corrected chi connectivity index (χ4v) is 1.71. The fourth-order valence-electron chi connectivity index (χ4n) is 1.60. The van der Waals surface area contributed by atoms with Crippen molar-refractivity contribution in [3.05, 3.63) is 35.9 Å². The molecule has 1 aromatic rings. The summed E-state index contributed by atoms with van der Waals surface area (Å²) in [5.74, 6) is 0.479. The number of alkyl halides is 1. The highest BCUT2D eigenvalue weighted by Crippen LogP contribution is 2.22. The van der Waals surface area contributed by atoms with Crippen molar-refractivity contribution in [2.45, 2.75) is 19.3 Å². The number of carbonyl (C=O) groups excluding carboxylic acids is 1. The van der Waals surface area contributed by atoms with Crippen LogP contribution in [0.1, 0.15) is 19.4 Å². The molecule has 1 N–H and O–H groups in total. The van der Waals surface area contributed by atoms with Crippen LogP contribution in [0.25, 0.3) is 0 Å². The molecule has 0 aliphatic rings. The Labute approximate surface area is 113 Å². The van der Waals surface area contributed by atoms with E-state index in [1.54, 1.807) is 0 Å². The number of hydrogen-bond donors (Lipinski definition) is 1. The Kier molecular flexibility index (Phi) is 6.16. The van der Waals surface area contributed by atoms with Crippen LogP contribution in [0.5, 0.6) is 0 Å². The molecule has 0 heterocycles. The molecule has 0 saturated heterocycles. The predicted molar refractivity (Wildman–Crippen MR) is 74.0 cm³/mol. The van der Waals surface area contributed by atoms with E-state index in [0.717, 1.165) is 5.56 Å². The Balaban J connectivity index is 2.45. The van der Waals surface area contributed by atoms with Crippen LogP contribution in [0.2, 0.25) is 0 Å². The summed E-state index contributed by atoms with van der Waals surface area (Å²) in [7, 11) is 0. The third-order valence-corrected chi connectivity index (χ3v) is 2.97. The van der Waals surface area contributed by atoms with Gasteiger partial charge in [0.15, 0.2) is 0 Å². The van der Waals surface area contributed by atoms with E-state index in [4.69, 9.17) is 16.3 Å². The second kappa shape index (κ2) is 7.39. The first kappa shape index (κ1) is 15.0. The number of nitrogens with one attached hydrogen (secondary N) is 1.